The highest BCUT2D eigenvalue weighted by Gasteiger charge is 2.50. The topological polar surface area (TPSA) is 65.3 Å². The minimum Gasteiger partial charge on any atom is -0.272 e. The maximum absolute atomic E-state index is 13.9. The van der Waals surface area contributed by atoms with Crippen LogP contribution in [0.4, 0.5) is 11.4 Å². The molecule has 2 aliphatic rings. The highest BCUT2D eigenvalue weighted by atomic mass is 35.5. The number of benzene rings is 3. The second kappa shape index (κ2) is 9.36. The van der Waals surface area contributed by atoms with Crippen LogP contribution in [0.3, 0.4) is 0 Å². The molecule has 0 saturated carbocycles. The number of hydrogen-bond donors (Lipinski definition) is 0. The number of carbonyl (C=O) groups excluding carboxylic acids is 2. The molecule has 36 heavy (non-hydrogen) atoms. The highest BCUT2D eigenvalue weighted by Crippen LogP contribution is 2.44. The van der Waals surface area contributed by atoms with Gasteiger partial charge in [0.2, 0.25) is 0 Å². The van der Waals surface area contributed by atoms with Crippen molar-refractivity contribution in [1.82, 2.24) is 0 Å². The first-order valence-electron chi connectivity index (χ1n) is 11.9. The molecule has 3 atom stereocenters. The van der Waals surface area contributed by atoms with Crippen LogP contribution in [0.5, 0.6) is 0 Å². The van der Waals surface area contributed by atoms with Crippen LogP contribution >= 0.6 is 11.6 Å². The summed E-state index contributed by atoms with van der Waals surface area (Å²) in [5.41, 5.74) is 5.58. The normalized spacial score (nSPS) is 20.6. The summed E-state index contributed by atoms with van der Waals surface area (Å²) in [4.78, 5) is 27.8. The second-order valence-corrected chi connectivity index (χ2v) is 9.86. The fraction of sp³-hybridized carbons (Fsp3) is 0.241. The van der Waals surface area contributed by atoms with Gasteiger partial charge in [0.15, 0.2) is 0 Å². The molecule has 7 heteroatoms. The molecule has 0 aromatic heterocycles. The Labute approximate surface area is 215 Å². The van der Waals surface area contributed by atoms with Crippen molar-refractivity contribution in [3.8, 4) is 0 Å². The van der Waals surface area contributed by atoms with Gasteiger partial charge in [-0.25, -0.2) is 10.0 Å². The van der Waals surface area contributed by atoms with Crippen LogP contribution in [0.15, 0.2) is 83.0 Å². The maximum atomic E-state index is 13.9. The van der Waals surface area contributed by atoms with Crippen molar-refractivity contribution in [1.29, 1.82) is 0 Å². The first-order chi connectivity index (χ1) is 17.3. The molecule has 3 aromatic carbocycles. The molecule has 0 radical (unpaired) electrons. The predicted octanol–water partition coefficient (Wildman–Crippen LogP) is 6.12. The molecule has 3 aromatic rings. The minimum absolute atomic E-state index is 0.185. The van der Waals surface area contributed by atoms with E-state index in [2.05, 4.69) is 10.2 Å². The molecule has 182 valence electrons. The Kier molecular flexibility index (Phi) is 6.22. The number of anilines is 2. The zero-order valence-electron chi connectivity index (χ0n) is 20.6. The van der Waals surface area contributed by atoms with Crippen molar-refractivity contribution in [2.45, 2.75) is 33.6 Å². The number of halogens is 1. The number of nitrogens with zero attached hydrogens (tertiary/aromatic N) is 4. The Morgan fingerprint density at radius 2 is 1.08 bits per heavy atom. The molecule has 0 spiro atoms. The molecule has 0 fully saturated rings. The van der Waals surface area contributed by atoms with E-state index in [-0.39, 0.29) is 11.8 Å². The van der Waals surface area contributed by atoms with E-state index in [0.29, 0.717) is 27.8 Å². The van der Waals surface area contributed by atoms with Crippen molar-refractivity contribution in [3.63, 3.8) is 0 Å². The van der Waals surface area contributed by atoms with Gasteiger partial charge in [0.1, 0.15) is 0 Å². The molecule has 1 unspecified atom stereocenters. The first kappa shape index (κ1) is 23.9. The number of aryl methyl sites for hydroxylation is 2. The summed E-state index contributed by atoms with van der Waals surface area (Å²) in [6.45, 7) is 7.66. The van der Waals surface area contributed by atoms with Crippen molar-refractivity contribution < 1.29 is 9.59 Å². The van der Waals surface area contributed by atoms with Gasteiger partial charge in [0.25, 0.3) is 11.8 Å². The van der Waals surface area contributed by atoms with Gasteiger partial charge in [-0.15, -0.1) is 0 Å². The number of amides is 2. The van der Waals surface area contributed by atoms with Gasteiger partial charge in [-0.05, 0) is 63.6 Å². The number of hydrazone groups is 2. The van der Waals surface area contributed by atoms with Crippen LogP contribution in [-0.2, 0) is 9.59 Å². The fourth-order valence-electron chi connectivity index (χ4n) is 5.03. The van der Waals surface area contributed by atoms with Crippen molar-refractivity contribution in [2.24, 2.45) is 22.0 Å². The van der Waals surface area contributed by atoms with Crippen molar-refractivity contribution >= 4 is 46.2 Å². The first-order valence-corrected chi connectivity index (χ1v) is 12.3. The van der Waals surface area contributed by atoms with Crippen LogP contribution in [0, 0.1) is 25.7 Å². The number of rotatable bonds is 5. The van der Waals surface area contributed by atoms with E-state index in [1.807, 2.05) is 94.4 Å². The van der Waals surface area contributed by atoms with Gasteiger partial charge in [0.05, 0.1) is 23.2 Å². The summed E-state index contributed by atoms with van der Waals surface area (Å²) in [6.07, 6.45) is 0. The van der Waals surface area contributed by atoms with E-state index in [1.54, 1.807) is 6.07 Å². The van der Waals surface area contributed by atoms with Gasteiger partial charge in [-0.2, -0.15) is 10.2 Å². The van der Waals surface area contributed by atoms with Crippen LogP contribution in [0.25, 0.3) is 0 Å². The summed E-state index contributed by atoms with van der Waals surface area (Å²) in [7, 11) is 0. The van der Waals surface area contributed by atoms with E-state index in [4.69, 9.17) is 11.6 Å². The fourth-order valence-corrected chi connectivity index (χ4v) is 5.29. The Morgan fingerprint density at radius 1 is 0.667 bits per heavy atom. The Balaban J connectivity index is 1.57. The van der Waals surface area contributed by atoms with Gasteiger partial charge in [-0.1, -0.05) is 65.2 Å². The standard InChI is InChI=1S/C29H27ClN4O2/c1-17-9-13-21(14-10-17)33-28(35)25(19(3)31-33)27(23-7-5-6-8-24(23)30)26-20(4)32-34(29(26)36)22-15-11-18(2)12-16-22/h5-16,25-27H,1-4H3/t25-,26+,27?. The lowest BCUT2D eigenvalue weighted by molar-refractivity contribution is -0.122. The highest BCUT2D eigenvalue weighted by molar-refractivity contribution is 6.31. The lowest BCUT2D eigenvalue weighted by Gasteiger charge is -2.29. The van der Waals surface area contributed by atoms with E-state index < -0.39 is 17.8 Å². The summed E-state index contributed by atoms with van der Waals surface area (Å²) < 4.78 is 0. The Morgan fingerprint density at radius 3 is 1.50 bits per heavy atom. The van der Waals surface area contributed by atoms with Crippen LogP contribution in [-0.4, -0.2) is 23.2 Å². The lowest BCUT2D eigenvalue weighted by Crippen LogP contribution is -2.40. The molecule has 0 bridgehead atoms. The summed E-state index contributed by atoms with van der Waals surface area (Å²) in [5.74, 6) is -2.25. The van der Waals surface area contributed by atoms with E-state index in [0.717, 1.165) is 16.7 Å². The average Bonchev–Trinajstić information content (AvgIpc) is 3.32. The predicted molar refractivity (Wildman–Crippen MR) is 145 cm³/mol. The third-order valence-corrected chi connectivity index (χ3v) is 7.25. The third-order valence-electron chi connectivity index (χ3n) is 6.90. The molecule has 0 saturated heterocycles. The summed E-state index contributed by atoms with van der Waals surface area (Å²) >= 11 is 6.68. The SMILES string of the molecule is CC1=NN(c2ccc(C)cc2)C(=O)[C@H]1C(c1ccccc1Cl)[C@H]1C(=O)N(c2ccc(C)cc2)N=C1C. The molecule has 2 aliphatic heterocycles. The molecule has 0 N–H and O–H groups in total. The lowest BCUT2D eigenvalue weighted by atomic mass is 9.73. The molecular weight excluding hydrogens is 472 g/mol. The molecule has 2 heterocycles. The van der Waals surface area contributed by atoms with Gasteiger partial charge in [0, 0.05) is 22.4 Å². The number of hydrogen-bond acceptors (Lipinski definition) is 4. The van der Waals surface area contributed by atoms with E-state index in [1.165, 1.54) is 10.0 Å². The minimum atomic E-state index is -0.664. The quantitative estimate of drug-likeness (QED) is 0.425. The van der Waals surface area contributed by atoms with Gasteiger partial charge >= 0.3 is 0 Å². The summed E-state index contributed by atoms with van der Waals surface area (Å²) in [5, 5.41) is 12.6. The largest absolute Gasteiger partial charge is 0.272 e. The Hall–Kier alpha value is -3.77. The molecule has 0 aliphatic carbocycles. The van der Waals surface area contributed by atoms with Crippen molar-refractivity contribution in [2.75, 3.05) is 10.0 Å². The molecule has 5 rings (SSSR count). The number of carbonyl (C=O) groups is 2. The summed E-state index contributed by atoms with van der Waals surface area (Å²) in [6, 6.07) is 22.7. The van der Waals surface area contributed by atoms with Crippen LogP contribution < -0.4 is 10.0 Å². The monoisotopic (exact) mass is 498 g/mol. The van der Waals surface area contributed by atoms with Crippen LogP contribution in [0.1, 0.15) is 36.5 Å². The van der Waals surface area contributed by atoms with E-state index in [9.17, 15) is 9.59 Å². The Bertz CT molecular complexity index is 1310. The zero-order valence-corrected chi connectivity index (χ0v) is 21.4. The van der Waals surface area contributed by atoms with Gasteiger partial charge in [-0.3, -0.25) is 9.59 Å². The molecule has 2 amide bonds. The molecule has 6 nitrogen and oxygen atoms in total. The second-order valence-electron chi connectivity index (χ2n) is 9.46. The van der Waals surface area contributed by atoms with Crippen molar-refractivity contribution in [3.05, 3.63) is 94.5 Å². The smallest absolute Gasteiger partial charge is 0.256 e. The maximum Gasteiger partial charge on any atom is 0.256 e. The van der Waals surface area contributed by atoms with Gasteiger partial charge < -0.3 is 0 Å². The van der Waals surface area contributed by atoms with Crippen LogP contribution in [0.2, 0.25) is 5.02 Å². The molecular formula is C29H27ClN4O2. The third kappa shape index (κ3) is 4.11. The zero-order chi connectivity index (χ0) is 25.6. The van der Waals surface area contributed by atoms with E-state index >= 15 is 0 Å². The average molecular weight is 499 g/mol.